The Bertz CT molecular complexity index is 1640. The minimum absolute atomic E-state index is 0.0382. The highest BCUT2D eigenvalue weighted by Gasteiger charge is 2.38. The molecule has 1 fully saturated rings. The van der Waals surface area contributed by atoms with Crippen LogP contribution in [0.25, 0.3) is 0 Å². The number of thioether (sulfide) groups is 1. The Balaban J connectivity index is 1.37. The van der Waals surface area contributed by atoms with E-state index in [1.54, 1.807) is 31.0 Å². The summed E-state index contributed by atoms with van der Waals surface area (Å²) in [6.45, 7) is 1.92. The predicted molar refractivity (Wildman–Crippen MR) is 157 cm³/mol. The Morgan fingerprint density at radius 3 is 2.07 bits per heavy atom. The Morgan fingerprint density at radius 2 is 1.44 bits per heavy atom. The van der Waals surface area contributed by atoms with Crippen molar-refractivity contribution in [1.82, 2.24) is 0 Å². The molecule has 0 spiro atoms. The Morgan fingerprint density at radius 1 is 0.844 bits per heavy atom. The van der Waals surface area contributed by atoms with Gasteiger partial charge < -0.3 is 24.6 Å². The van der Waals surface area contributed by atoms with Crippen molar-refractivity contribution >= 4 is 23.4 Å². The van der Waals surface area contributed by atoms with Crippen LogP contribution in [-0.4, -0.2) is 30.0 Å². The number of benzene rings is 4. The number of nitrogens with one attached hydrogen (secondary N) is 1. The van der Waals surface area contributed by atoms with Crippen LogP contribution in [0.15, 0.2) is 77.7 Å². The molecule has 236 valence electrons. The molecule has 1 aliphatic rings. The van der Waals surface area contributed by atoms with E-state index in [1.807, 2.05) is 55.5 Å². The van der Waals surface area contributed by atoms with E-state index in [1.165, 1.54) is 12.1 Å². The van der Waals surface area contributed by atoms with Crippen molar-refractivity contribution in [2.24, 2.45) is 5.92 Å². The number of aliphatic hydroxyl groups is 1. The second-order valence-corrected chi connectivity index (χ2v) is 11.4. The SMILES string of the molecule is COc1ccccc1SC[C@H]1O[C@@H](c2ccc(NC(=O)c3c(F)c(F)c(F)c(F)c3F)cc2)O[C@@H](c2ccc(CO)cc2)[C@H]1C. The highest BCUT2D eigenvalue weighted by atomic mass is 32.2. The van der Waals surface area contributed by atoms with E-state index in [0.717, 1.165) is 21.8 Å². The summed E-state index contributed by atoms with van der Waals surface area (Å²) in [5, 5.41) is 11.6. The molecule has 1 heterocycles. The van der Waals surface area contributed by atoms with Crippen LogP contribution in [-0.2, 0) is 16.1 Å². The topological polar surface area (TPSA) is 77.0 Å². The fourth-order valence-corrected chi connectivity index (χ4v) is 6.14. The van der Waals surface area contributed by atoms with Crippen LogP contribution < -0.4 is 10.1 Å². The van der Waals surface area contributed by atoms with Crippen molar-refractivity contribution in [2.75, 3.05) is 18.2 Å². The highest BCUT2D eigenvalue weighted by Crippen LogP contribution is 2.43. The second kappa shape index (κ2) is 14.0. The monoisotopic (exact) mass is 645 g/mol. The number of anilines is 1. The molecular weight excluding hydrogens is 617 g/mol. The average molecular weight is 646 g/mol. The zero-order valence-corrected chi connectivity index (χ0v) is 24.8. The molecule has 4 aromatic rings. The van der Waals surface area contributed by atoms with E-state index in [9.17, 15) is 31.9 Å². The molecule has 1 aliphatic heterocycles. The van der Waals surface area contributed by atoms with Crippen molar-refractivity contribution in [1.29, 1.82) is 0 Å². The zero-order chi connectivity index (χ0) is 32.2. The molecule has 2 N–H and O–H groups in total. The maximum absolute atomic E-state index is 14.1. The van der Waals surface area contributed by atoms with E-state index in [-0.39, 0.29) is 24.3 Å². The minimum Gasteiger partial charge on any atom is -0.496 e. The van der Waals surface area contributed by atoms with E-state index < -0.39 is 53.0 Å². The van der Waals surface area contributed by atoms with Gasteiger partial charge in [0.1, 0.15) is 11.3 Å². The third-order valence-corrected chi connectivity index (χ3v) is 8.62. The lowest BCUT2D eigenvalue weighted by molar-refractivity contribution is -0.268. The van der Waals surface area contributed by atoms with Gasteiger partial charge in [0.25, 0.3) is 5.91 Å². The van der Waals surface area contributed by atoms with Crippen molar-refractivity contribution < 1.29 is 46.1 Å². The lowest BCUT2D eigenvalue weighted by Gasteiger charge is -2.41. The Labute approximate surface area is 260 Å². The van der Waals surface area contributed by atoms with Gasteiger partial charge in [0.15, 0.2) is 29.6 Å². The molecule has 4 atom stereocenters. The summed E-state index contributed by atoms with van der Waals surface area (Å²) in [6, 6.07) is 20.9. The van der Waals surface area contributed by atoms with Gasteiger partial charge in [-0.25, -0.2) is 22.0 Å². The van der Waals surface area contributed by atoms with Crippen LogP contribution in [0, 0.1) is 35.0 Å². The third-order valence-electron chi connectivity index (χ3n) is 7.47. The lowest BCUT2D eigenvalue weighted by Crippen LogP contribution is -2.38. The number of aliphatic hydroxyl groups excluding tert-OH is 1. The van der Waals surface area contributed by atoms with Crippen molar-refractivity contribution in [2.45, 2.75) is 36.9 Å². The summed E-state index contributed by atoms with van der Waals surface area (Å²) in [5.41, 5.74) is 0.638. The summed E-state index contributed by atoms with van der Waals surface area (Å²) in [6.07, 6.45) is -1.55. The fraction of sp³-hybridized carbons (Fsp3) is 0.242. The summed E-state index contributed by atoms with van der Waals surface area (Å²) in [4.78, 5) is 13.4. The average Bonchev–Trinajstić information content (AvgIpc) is 3.06. The lowest BCUT2D eigenvalue weighted by atomic mass is 9.91. The number of amides is 1. The van der Waals surface area contributed by atoms with Crippen LogP contribution in [0.4, 0.5) is 27.6 Å². The summed E-state index contributed by atoms with van der Waals surface area (Å²) in [5.74, 6) is -11.5. The quantitative estimate of drug-likeness (QED) is 0.0841. The smallest absolute Gasteiger partial charge is 0.261 e. The van der Waals surface area contributed by atoms with Gasteiger partial charge in [-0.15, -0.1) is 11.8 Å². The molecule has 5 rings (SSSR count). The number of carbonyl (C=O) groups excluding carboxylic acids is 1. The fourth-order valence-electron chi connectivity index (χ4n) is 4.94. The number of carbonyl (C=O) groups is 1. The summed E-state index contributed by atoms with van der Waals surface area (Å²) in [7, 11) is 1.60. The molecule has 12 heteroatoms. The van der Waals surface area contributed by atoms with Gasteiger partial charge in [0, 0.05) is 27.8 Å². The molecule has 0 aliphatic carbocycles. The largest absolute Gasteiger partial charge is 0.496 e. The molecule has 45 heavy (non-hydrogen) atoms. The van der Waals surface area contributed by atoms with Gasteiger partial charge in [-0.05, 0) is 35.4 Å². The maximum Gasteiger partial charge on any atom is 0.261 e. The zero-order valence-electron chi connectivity index (χ0n) is 24.0. The number of methoxy groups -OCH3 is 1. The van der Waals surface area contributed by atoms with Crippen molar-refractivity contribution in [3.63, 3.8) is 0 Å². The predicted octanol–water partition coefficient (Wildman–Crippen LogP) is 7.72. The minimum atomic E-state index is -2.35. The maximum atomic E-state index is 14.1. The number of halogens is 5. The third kappa shape index (κ3) is 6.84. The van der Waals surface area contributed by atoms with E-state index in [4.69, 9.17) is 14.2 Å². The van der Waals surface area contributed by atoms with Crippen LogP contribution in [0.5, 0.6) is 5.75 Å². The van der Waals surface area contributed by atoms with Gasteiger partial charge in [-0.2, -0.15) is 0 Å². The first-order chi connectivity index (χ1) is 21.6. The molecule has 6 nitrogen and oxygen atoms in total. The van der Waals surface area contributed by atoms with Crippen LogP contribution in [0.2, 0.25) is 0 Å². The number of ether oxygens (including phenoxy) is 3. The summed E-state index contributed by atoms with van der Waals surface area (Å²) >= 11 is 1.57. The van der Waals surface area contributed by atoms with E-state index in [2.05, 4.69) is 5.32 Å². The van der Waals surface area contributed by atoms with Gasteiger partial charge >= 0.3 is 0 Å². The van der Waals surface area contributed by atoms with Crippen LogP contribution >= 0.6 is 11.8 Å². The first kappa shape index (κ1) is 32.4. The first-order valence-electron chi connectivity index (χ1n) is 13.8. The molecule has 1 amide bonds. The van der Waals surface area contributed by atoms with Crippen LogP contribution in [0.1, 0.15) is 46.4 Å². The van der Waals surface area contributed by atoms with Crippen molar-refractivity contribution in [3.8, 4) is 5.75 Å². The normalized spacial score (nSPS) is 19.7. The van der Waals surface area contributed by atoms with E-state index in [0.29, 0.717) is 11.3 Å². The van der Waals surface area contributed by atoms with Gasteiger partial charge in [0.05, 0.1) is 25.9 Å². The number of hydrogen-bond acceptors (Lipinski definition) is 6. The first-order valence-corrected chi connectivity index (χ1v) is 14.8. The highest BCUT2D eigenvalue weighted by molar-refractivity contribution is 7.99. The molecule has 0 bridgehead atoms. The second-order valence-electron chi connectivity index (χ2n) is 10.3. The number of rotatable bonds is 9. The van der Waals surface area contributed by atoms with Crippen molar-refractivity contribution in [3.05, 3.63) is 124 Å². The Kier molecular flexibility index (Phi) is 10.1. The molecule has 0 aromatic heterocycles. The van der Waals surface area contributed by atoms with Crippen LogP contribution in [0.3, 0.4) is 0 Å². The van der Waals surface area contributed by atoms with Gasteiger partial charge in [-0.3, -0.25) is 4.79 Å². The van der Waals surface area contributed by atoms with E-state index >= 15 is 0 Å². The standard InChI is InChI=1S/C33H28F5NO5S/c1-17-23(16-45-24-6-4-3-5-22(24)42-2)43-33(44-31(17)19-9-7-18(15-40)8-10-19)20-11-13-21(14-12-20)39-32(41)25-26(34)28(36)30(38)29(37)27(25)35/h3-14,17,23,31,33,40H,15-16H2,1-2H3,(H,39,41)/t17-,23+,31+,33+/m0/s1. The molecular formula is C33H28F5NO5S. The summed E-state index contributed by atoms with van der Waals surface area (Å²) < 4.78 is 87.2. The number of para-hydroxylation sites is 1. The molecule has 0 saturated carbocycles. The number of hydrogen-bond donors (Lipinski definition) is 2. The Hall–Kier alpha value is -3.97. The molecule has 0 unspecified atom stereocenters. The molecule has 4 aromatic carbocycles. The van der Waals surface area contributed by atoms with Gasteiger partial charge in [-0.1, -0.05) is 55.5 Å². The van der Waals surface area contributed by atoms with Gasteiger partial charge in [0.2, 0.25) is 5.82 Å². The molecule has 0 radical (unpaired) electrons. The molecule has 1 saturated heterocycles.